The van der Waals surface area contributed by atoms with Crippen molar-refractivity contribution in [1.82, 2.24) is 0 Å². The van der Waals surface area contributed by atoms with E-state index in [2.05, 4.69) is 0 Å². The lowest BCUT2D eigenvalue weighted by molar-refractivity contribution is 0.0910. The number of anilines is 3. The van der Waals surface area contributed by atoms with E-state index in [1.165, 1.54) is 36.4 Å². The Kier molecular flexibility index (Phi) is 17.9. The molecule has 0 aliphatic carbocycles. The molecule has 0 N–H and O–H groups in total. The Balaban J connectivity index is 0.960. The molecule has 0 bridgehead atoms. The molecular formula is C83H50Cl6N3O9. The molecule has 0 atom stereocenters. The number of rotatable bonds is 19. The van der Waals surface area contributed by atoms with Gasteiger partial charge in [-0.25, -0.2) is 14.7 Å². The molecule has 101 heavy (non-hydrogen) atoms. The molecule has 15 rings (SSSR count). The van der Waals surface area contributed by atoms with Crippen LogP contribution >= 0.6 is 69.6 Å². The zero-order valence-electron chi connectivity index (χ0n) is 52.8. The highest BCUT2D eigenvalue weighted by Gasteiger charge is 2.47. The number of fused-ring (bicyclic) bond motifs is 3. The van der Waals surface area contributed by atoms with Crippen LogP contribution in [0.25, 0.3) is 0 Å². The Morgan fingerprint density at radius 2 is 0.554 bits per heavy atom. The van der Waals surface area contributed by atoms with Gasteiger partial charge in [0.25, 0.3) is 35.4 Å². The van der Waals surface area contributed by atoms with Crippen LogP contribution < -0.4 is 28.9 Å². The standard InChI is InChI=1S/C83H50Cl6N3O9/c84-69-39-62-63(40-70(69)85)78(94)90(77(62)93)57-27-16-51(17-28-57)76(52-18-29-58(30-19-52)91-79(95)64-41-71(86)72(87)42-65(64)80(91)96)53-20-37-75(92-81(97)66-43-73(88)74(89)44-67(66)82(92)98)68(38-53)83(54-21-31-59(32-22-54)99-45-48-10-4-1-5-11-48,55-23-33-60(34-24-55)100-46-49-12-6-2-7-13-49)56-25-35-61(36-26-56)101-47-50-14-8-3-9-15-50/h1-44H,45-47H2. The van der Waals surface area contributed by atoms with Gasteiger partial charge >= 0.3 is 0 Å². The molecule has 3 aliphatic rings. The highest BCUT2D eigenvalue weighted by atomic mass is 35.5. The molecule has 1 radical (unpaired) electrons. The minimum Gasteiger partial charge on any atom is -0.489 e. The number of carbonyl (C=O) groups excluding carboxylic acids is 6. The van der Waals surface area contributed by atoms with Crippen molar-refractivity contribution in [3.63, 3.8) is 0 Å². The van der Waals surface area contributed by atoms with Crippen LogP contribution in [0.1, 0.15) is 118 Å². The molecule has 12 aromatic rings. The summed E-state index contributed by atoms with van der Waals surface area (Å²) in [6.07, 6.45) is 0. The molecule has 3 aliphatic heterocycles. The monoisotopic (exact) mass is 1440 g/mol. The average molecular weight is 1450 g/mol. The maximum Gasteiger partial charge on any atom is 0.266 e. The smallest absolute Gasteiger partial charge is 0.266 e. The molecule has 0 unspecified atom stereocenters. The van der Waals surface area contributed by atoms with Crippen LogP contribution in [0.5, 0.6) is 17.2 Å². The van der Waals surface area contributed by atoms with E-state index in [4.69, 9.17) is 83.8 Å². The van der Waals surface area contributed by atoms with Gasteiger partial charge in [-0.05, 0) is 159 Å². The number of hydrogen-bond donors (Lipinski definition) is 0. The minimum absolute atomic E-state index is 0.0331. The SMILES string of the molecule is O=C1c2cc(Cl)c(Cl)cc2C(=O)N1c1ccc([C](c2ccc(N3C(=O)c4cc(Cl)c(Cl)cc4C3=O)cc2)c2ccc(N3C(=O)c4cc(Cl)c(Cl)cc4C3=O)c(C(c3ccc(OCc4ccccc4)cc3)(c3ccc(OCc4ccccc4)cc3)c3ccc(OCc4ccccc4)cc3)c2)cc1. The summed E-state index contributed by atoms with van der Waals surface area (Å²) in [5, 5.41) is 0.574. The molecule has 0 aromatic heterocycles. The molecule has 0 fully saturated rings. The number of carbonyl (C=O) groups is 6. The maximum atomic E-state index is 15.5. The van der Waals surface area contributed by atoms with Gasteiger partial charge in [-0.3, -0.25) is 28.8 Å². The fourth-order valence-electron chi connectivity index (χ4n) is 13.2. The Morgan fingerprint density at radius 1 is 0.287 bits per heavy atom. The average Bonchev–Trinajstić information content (AvgIpc) is 1.53. The van der Waals surface area contributed by atoms with E-state index in [-0.39, 0.29) is 100 Å². The summed E-state index contributed by atoms with van der Waals surface area (Å²) in [6.45, 7) is 0.806. The van der Waals surface area contributed by atoms with Crippen molar-refractivity contribution >= 4 is 122 Å². The first kappa shape index (κ1) is 66.1. The van der Waals surface area contributed by atoms with Crippen molar-refractivity contribution in [1.29, 1.82) is 0 Å². The van der Waals surface area contributed by atoms with Crippen LogP contribution in [0, 0.1) is 5.92 Å². The van der Waals surface area contributed by atoms with Gasteiger partial charge in [0.2, 0.25) is 0 Å². The van der Waals surface area contributed by atoms with Gasteiger partial charge in [0.1, 0.15) is 37.1 Å². The predicted octanol–water partition coefficient (Wildman–Crippen LogP) is 20.1. The lowest BCUT2D eigenvalue weighted by atomic mass is 9.64. The summed E-state index contributed by atoms with van der Waals surface area (Å²) < 4.78 is 19.4. The fourth-order valence-corrected chi connectivity index (χ4v) is 14.2. The molecule has 0 spiro atoms. The van der Waals surface area contributed by atoms with E-state index in [0.717, 1.165) is 31.4 Å². The number of amides is 6. The number of halogens is 6. The Morgan fingerprint density at radius 3 is 0.842 bits per heavy atom. The van der Waals surface area contributed by atoms with Gasteiger partial charge in [0, 0.05) is 0 Å². The second kappa shape index (κ2) is 27.4. The molecule has 6 amide bonds. The third-order valence-corrected chi connectivity index (χ3v) is 20.3. The van der Waals surface area contributed by atoms with Crippen molar-refractivity contribution in [2.75, 3.05) is 14.7 Å². The number of imide groups is 3. The lowest BCUT2D eigenvalue weighted by Gasteiger charge is -2.40. The summed E-state index contributed by atoms with van der Waals surface area (Å²) in [4.78, 5) is 91.0. The normalized spacial score (nSPS) is 13.3. The first-order valence-electron chi connectivity index (χ1n) is 31.7. The van der Waals surface area contributed by atoms with Gasteiger partial charge in [0.15, 0.2) is 0 Å². The van der Waals surface area contributed by atoms with E-state index < -0.39 is 40.9 Å². The second-order valence-electron chi connectivity index (χ2n) is 24.1. The van der Waals surface area contributed by atoms with Crippen molar-refractivity contribution in [3.8, 4) is 17.2 Å². The summed E-state index contributed by atoms with van der Waals surface area (Å²) in [5.41, 5.74) is 6.35. The zero-order chi connectivity index (χ0) is 69.8. The number of nitrogens with zero attached hydrogens (tertiary/aromatic N) is 3. The predicted molar refractivity (Wildman–Crippen MR) is 393 cm³/mol. The summed E-state index contributed by atoms with van der Waals surface area (Å²) in [6, 6.07) is 79.8. The topological polar surface area (TPSA) is 140 Å². The first-order valence-corrected chi connectivity index (χ1v) is 34.0. The molecular weight excluding hydrogens is 1400 g/mol. The Labute approximate surface area is 609 Å². The van der Waals surface area contributed by atoms with Gasteiger partial charge in [-0.2, -0.15) is 0 Å². The summed E-state index contributed by atoms with van der Waals surface area (Å²) in [7, 11) is 0. The van der Waals surface area contributed by atoms with E-state index in [0.29, 0.717) is 62.1 Å². The molecule has 493 valence electrons. The third kappa shape index (κ3) is 12.3. The molecule has 12 nitrogen and oxygen atoms in total. The Hall–Kier alpha value is -10.8. The highest BCUT2D eigenvalue weighted by Crippen LogP contribution is 2.53. The van der Waals surface area contributed by atoms with Gasteiger partial charge in [0.05, 0.1) is 91.9 Å². The van der Waals surface area contributed by atoms with Crippen LogP contribution in [-0.4, -0.2) is 35.4 Å². The van der Waals surface area contributed by atoms with Gasteiger partial charge < -0.3 is 14.2 Å². The number of benzene rings is 12. The van der Waals surface area contributed by atoms with Gasteiger partial charge in [-0.15, -0.1) is 0 Å². The number of ether oxygens (including phenoxy) is 3. The molecule has 0 saturated carbocycles. The van der Waals surface area contributed by atoms with Crippen LogP contribution in [-0.2, 0) is 25.2 Å². The number of hydrogen-bond acceptors (Lipinski definition) is 9. The van der Waals surface area contributed by atoms with Crippen molar-refractivity contribution in [3.05, 3.63) is 392 Å². The van der Waals surface area contributed by atoms with E-state index in [1.54, 1.807) is 60.7 Å². The lowest BCUT2D eigenvalue weighted by Crippen LogP contribution is -2.37. The van der Waals surface area contributed by atoms with Crippen molar-refractivity contribution in [2.24, 2.45) is 0 Å². The van der Waals surface area contributed by atoms with Crippen LogP contribution in [0.15, 0.2) is 267 Å². The minimum atomic E-state index is -1.54. The molecule has 18 heteroatoms. The van der Waals surface area contributed by atoms with Crippen molar-refractivity contribution < 1.29 is 43.0 Å². The molecule has 12 aromatic carbocycles. The second-order valence-corrected chi connectivity index (χ2v) is 26.6. The molecule has 0 saturated heterocycles. The van der Waals surface area contributed by atoms with Crippen LogP contribution in [0.3, 0.4) is 0 Å². The summed E-state index contributed by atoms with van der Waals surface area (Å²) >= 11 is 38.9. The van der Waals surface area contributed by atoms with E-state index in [9.17, 15) is 19.2 Å². The van der Waals surface area contributed by atoms with E-state index >= 15 is 9.59 Å². The molecule has 3 heterocycles. The van der Waals surface area contributed by atoms with Crippen LogP contribution in [0.4, 0.5) is 17.1 Å². The van der Waals surface area contributed by atoms with E-state index in [1.807, 2.05) is 170 Å². The third-order valence-electron chi connectivity index (χ3n) is 18.1. The highest BCUT2D eigenvalue weighted by molar-refractivity contribution is 6.46. The van der Waals surface area contributed by atoms with Gasteiger partial charge in [-0.1, -0.05) is 233 Å². The zero-order valence-corrected chi connectivity index (χ0v) is 57.3. The quantitative estimate of drug-likeness (QED) is 0.0572. The first-order chi connectivity index (χ1) is 49.0. The summed E-state index contributed by atoms with van der Waals surface area (Å²) in [5.74, 6) is -1.58. The fraction of sp³-hybridized carbons (Fsp3) is 0.0482. The maximum absolute atomic E-state index is 15.5. The largest absolute Gasteiger partial charge is 0.489 e. The Bertz CT molecular complexity index is 4860. The van der Waals surface area contributed by atoms with Crippen molar-refractivity contribution in [2.45, 2.75) is 25.2 Å². The van der Waals surface area contributed by atoms with Crippen LogP contribution in [0.2, 0.25) is 30.1 Å².